The molecule has 2 heterocycles. The standard InChI is InChI=1S/C29H36ClN3O3/c1-29(2)10-9-25(20-3-6-23(30)7-4-20)22(16-29)17-31-11-12-33-24(18-31)19-32(13-14-34)27-15-21(28(35)36)5-8-26(27)33/h3-8,15,24,34H,9-14,16-19H2,1-2H3,(H,35,36)/t24-/m0/s1. The van der Waals surface area contributed by atoms with Crippen molar-refractivity contribution in [3.05, 3.63) is 64.2 Å². The van der Waals surface area contributed by atoms with Gasteiger partial charge in [0.25, 0.3) is 0 Å². The highest BCUT2D eigenvalue weighted by Crippen LogP contribution is 2.43. The normalized spacial score (nSPS) is 21.8. The second-order valence-corrected chi connectivity index (χ2v) is 11.6. The average Bonchev–Trinajstić information content (AvgIpc) is 2.84. The van der Waals surface area contributed by atoms with Crippen molar-refractivity contribution in [2.24, 2.45) is 5.41 Å². The van der Waals surface area contributed by atoms with Gasteiger partial charge < -0.3 is 20.0 Å². The molecule has 0 unspecified atom stereocenters. The molecule has 7 heteroatoms. The summed E-state index contributed by atoms with van der Waals surface area (Å²) in [6, 6.07) is 14.0. The molecule has 0 aromatic heterocycles. The summed E-state index contributed by atoms with van der Waals surface area (Å²) in [5, 5.41) is 19.9. The van der Waals surface area contributed by atoms with E-state index in [2.05, 4.69) is 40.7 Å². The van der Waals surface area contributed by atoms with Crippen LogP contribution in [0.2, 0.25) is 5.02 Å². The molecule has 0 bridgehead atoms. The van der Waals surface area contributed by atoms with Gasteiger partial charge in [0, 0.05) is 44.3 Å². The molecule has 1 saturated heterocycles. The molecular weight excluding hydrogens is 474 g/mol. The number of fused-ring (bicyclic) bond motifs is 3. The zero-order chi connectivity index (χ0) is 25.4. The zero-order valence-electron chi connectivity index (χ0n) is 21.2. The minimum absolute atomic E-state index is 0.0413. The van der Waals surface area contributed by atoms with Gasteiger partial charge in [-0.1, -0.05) is 43.2 Å². The van der Waals surface area contributed by atoms with Crippen molar-refractivity contribution in [3.8, 4) is 0 Å². The maximum Gasteiger partial charge on any atom is 0.335 e. The molecule has 2 aromatic carbocycles. The van der Waals surface area contributed by atoms with E-state index >= 15 is 0 Å². The molecule has 0 amide bonds. The third-order valence-electron chi connectivity index (χ3n) is 8.02. The molecule has 6 nitrogen and oxygen atoms in total. The number of hydrogen-bond acceptors (Lipinski definition) is 5. The van der Waals surface area contributed by atoms with Gasteiger partial charge in [-0.15, -0.1) is 0 Å². The van der Waals surface area contributed by atoms with Crippen LogP contribution in [0.4, 0.5) is 11.4 Å². The van der Waals surface area contributed by atoms with E-state index in [9.17, 15) is 15.0 Å². The van der Waals surface area contributed by atoms with Crippen molar-refractivity contribution >= 4 is 34.5 Å². The number of carbonyl (C=O) groups is 1. The summed E-state index contributed by atoms with van der Waals surface area (Å²) < 4.78 is 0. The van der Waals surface area contributed by atoms with Gasteiger partial charge in [-0.05, 0) is 66.1 Å². The number of halogens is 1. The number of anilines is 2. The van der Waals surface area contributed by atoms with Crippen LogP contribution in [-0.4, -0.2) is 73.0 Å². The van der Waals surface area contributed by atoms with Crippen molar-refractivity contribution in [2.75, 3.05) is 55.7 Å². The quantitative estimate of drug-likeness (QED) is 0.571. The van der Waals surface area contributed by atoms with Gasteiger partial charge >= 0.3 is 5.97 Å². The lowest BCUT2D eigenvalue weighted by Crippen LogP contribution is -2.60. The Hall–Kier alpha value is -2.54. The van der Waals surface area contributed by atoms with Gasteiger partial charge in [-0.2, -0.15) is 0 Å². The third-order valence-corrected chi connectivity index (χ3v) is 8.27. The molecule has 2 N–H and O–H groups in total. The third kappa shape index (κ3) is 5.13. The predicted octanol–water partition coefficient (Wildman–Crippen LogP) is 5.01. The van der Waals surface area contributed by atoms with Gasteiger partial charge in [0.05, 0.1) is 29.6 Å². The number of aliphatic hydroxyl groups excluding tert-OH is 1. The molecule has 0 saturated carbocycles. The highest BCUT2D eigenvalue weighted by molar-refractivity contribution is 6.30. The van der Waals surface area contributed by atoms with E-state index in [0.29, 0.717) is 18.0 Å². The first-order valence-electron chi connectivity index (χ1n) is 12.9. The van der Waals surface area contributed by atoms with Gasteiger partial charge in [0.1, 0.15) is 0 Å². The first-order valence-corrected chi connectivity index (χ1v) is 13.3. The number of rotatable bonds is 6. The van der Waals surface area contributed by atoms with E-state index in [-0.39, 0.29) is 12.2 Å². The number of β-amino-alcohol motifs (C(OH)–C–C–N with tert-alkyl or cyclic N) is 1. The second kappa shape index (κ2) is 10.1. The molecule has 0 spiro atoms. The maximum atomic E-state index is 11.6. The van der Waals surface area contributed by atoms with E-state index in [1.54, 1.807) is 12.1 Å². The Morgan fingerprint density at radius 1 is 1.08 bits per heavy atom. The zero-order valence-corrected chi connectivity index (χ0v) is 22.0. The molecule has 192 valence electrons. The highest BCUT2D eigenvalue weighted by Gasteiger charge is 2.36. The number of piperazine rings is 1. The van der Waals surface area contributed by atoms with E-state index in [1.165, 1.54) is 23.1 Å². The van der Waals surface area contributed by atoms with Crippen LogP contribution in [0.3, 0.4) is 0 Å². The molecule has 1 fully saturated rings. The summed E-state index contributed by atoms with van der Waals surface area (Å²) in [6.07, 6.45) is 3.39. The number of carboxylic acids is 1. The fourth-order valence-electron chi connectivity index (χ4n) is 6.21. The summed E-state index contributed by atoms with van der Waals surface area (Å²) in [5.74, 6) is -0.922. The Balaban J connectivity index is 1.39. The van der Waals surface area contributed by atoms with Crippen molar-refractivity contribution in [2.45, 2.75) is 39.2 Å². The molecule has 3 aliphatic rings. The summed E-state index contributed by atoms with van der Waals surface area (Å²) in [6.45, 7) is 9.86. The Bertz CT molecular complexity index is 1160. The first kappa shape index (κ1) is 25.1. The van der Waals surface area contributed by atoms with Gasteiger partial charge in [0.15, 0.2) is 0 Å². The summed E-state index contributed by atoms with van der Waals surface area (Å²) in [5.41, 5.74) is 6.88. The molecule has 36 heavy (non-hydrogen) atoms. The molecule has 1 atom stereocenters. The number of aliphatic hydroxyl groups is 1. The minimum atomic E-state index is -0.922. The Kier molecular flexibility index (Phi) is 7.03. The Labute approximate surface area is 218 Å². The van der Waals surface area contributed by atoms with Crippen LogP contribution in [0.1, 0.15) is 49.0 Å². The van der Waals surface area contributed by atoms with Crippen LogP contribution in [0, 0.1) is 5.41 Å². The average molecular weight is 510 g/mol. The van der Waals surface area contributed by atoms with Gasteiger partial charge in [-0.25, -0.2) is 4.79 Å². The van der Waals surface area contributed by atoms with Crippen LogP contribution in [0.15, 0.2) is 48.0 Å². The topological polar surface area (TPSA) is 67.2 Å². The predicted molar refractivity (Wildman–Crippen MR) is 146 cm³/mol. The summed E-state index contributed by atoms with van der Waals surface area (Å²) in [7, 11) is 0. The highest BCUT2D eigenvalue weighted by atomic mass is 35.5. The SMILES string of the molecule is CC1(C)CCC(c2ccc(Cl)cc2)=C(CN2CCN3c4ccc(C(=O)O)cc4N(CCO)C[C@@H]3C2)C1. The van der Waals surface area contributed by atoms with Crippen LogP contribution < -0.4 is 9.80 Å². The number of hydrogen-bond donors (Lipinski definition) is 2. The van der Waals surface area contributed by atoms with E-state index in [0.717, 1.165) is 62.0 Å². The fourth-order valence-corrected chi connectivity index (χ4v) is 6.33. The summed E-state index contributed by atoms with van der Waals surface area (Å²) >= 11 is 6.17. The molecule has 2 aliphatic heterocycles. The molecular formula is C29H36ClN3O3. The van der Waals surface area contributed by atoms with E-state index in [4.69, 9.17) is 11.6 Å². The lowest BCUT2D eigenvalue weighted by atomic mass is 9.72. The van der Waals surface area contributed by atoms with E-state index < -0.39 is 5.97 Å². The molecule has 1 aliphatic carbocycles. The van der Waals surface area contributed by atoms with Crippen molar-refractivity contribution in [1.82, 2.24) is 4.90 Å². The summed E-state index contributed by atoms with van der Waals surface area (Å²) in [4.78, 5) is 18.7. The largest absolute Gasteiger partial charge is 0.478 e. The molecule has 2 aromatic rings. The lowest BCUT2D eigenvalue weighted by molar-refractivity contribution is 0.0697. The Morgan fingerprint density at radius 2 is 1.86 bits per heavy atom. The van der Waals surface area contributed by atoms with Gasteiger partial charge in [-0.3, -0.25) is 4.90 Å². The second-order valence-electron chi connectivity index (χ2n) is 11.2. The Morgan fingerprint density at radius 3 is 2.58 bits per heavy atom. The maximum absolute atomic E-state index is 11.6. The number of allylic oxidation sites excluding steroid dienone is 1. The van der Waals surface area contributed by atoms with Crippen molar-refractivity contribution in [1.29, 1.82) is 0 Å². The number of aromatic carboxylic acids is 1. The van der Waals surface area contributed by atoms with Crippen LogP contribution in [-0.2, 0) is 0 Å². The molecule has 0 radical (unpaired) electrons. The monoisotopic (exact) mass is 509 g/mol. The lowest BCUT2D eigenvalue weighted by Gasteiger charge is -2.50. The minimum Gasteiger partial charge on any atom is -0.478 e. The smallest absolute Gasteiger partial charge is 0.335 e. The number of benzene rings is 2. The van der Waals surface area contributed by atoms with Crippen molar-refractivity contribution in [3.63, 3.8) is 0 Å². The fraction of sp³-hybridized carbons (Fsp3) is 0.483. The number of carboxylic acid groups (broad SMARTS) is 1. The van der Waals surface area contributed by atoms with Crippen LogP contribution in [0.5, 0.6) is 0 Å². The first-order chi connectivity index (χ1) is 17.2. The molecule has 5 rings (SSSR count). The van der Waals surface area contributed by atoms with Crippen LogP contribution >= 0.6 is 11.6 Å². The van der Waals surface area contributed by atoms with Crippen LogP contribution in [0.25, 0.3) is 5.57 Å². The van der Waals surface area contributed by atoms with Crippen molar-refractivity contribution < 1.29 is 15.0 Å². The van der Waals surface area contributed by atoms with Gasteiger partial charge in [0.2, 0.25) is 0 Å². The number of nitrogens with zero attached hydrogens (tertiary/aromatic N) is 3. The van der Waals surface area contributed by atoms with E-state index in [1.807, 2.05) is 18.2 Å².